The van der Waals surface area contributed by atoms with Crippen molar-refractivity contribution in [3.63, 3.8) is 0 Å². The highest BCUT2D eigenvalue weighted by Gasteiger charge is 2.44. The first-order valence-corrected chi connectivity index (χ1v) is 31.9. The normalized spacial score (nSPS) is 19.9. The monoisotopic (exact) mass is 1060 g/mol. The summed E-state index contributed by atoms with van der Waals surface area (Å²) in [7, 11) is 0. The molecular weight excluding hydrogens is 943 g/mol. The Morgan fingerprint density at radius 1 is 0.467 bits per heavy atom. The number of ether oxygens (including phenoxy) is 2. The summed E-state index contributed by atoms with van der Waals surface area (Å²) in [6.07, 6.45) is 54.9. The Labute approximate surface area is 460 Å². The molecule has 75 heavy (non-hydrogen) atoms. The van der Waals surface area contributed by atoms with E-state index in [1.54, 1.807) is 0 Å². The van der Waals surface area contributed by atoms with Crippen molar-refractivity contribution < 1.29 is 50.0 Å². The van der Waals surface area contributed by atoms with E-state index in [-0.39, 0.29) is 12.8 Å². The number of hydrogen-bond acceptors (Lipinski definition) is 10. The van der Waals surface area contributed by atoms with Crippen LogP contribution in [0.4, 0.5) is 0 Å². The second kappa shape index (κ2) is 53.0. The standard InChI is InChI=1S/C64H121NO10/c1-3-5-7-9-11-13-15-17-19-21-23-25-26-27-28-29-30-31-32-34-36-38-40-42-44-46-48-50-52-57(68)63(73)65-55(54-74-64-62(72)61(71)60(70)58(53-66)75-64)59(69)56(67)51-49-47-45-43-41-39-37-35-33-24-22-20-18-16-14-12-10-8-6-4-2/h23,25,27-28,43,45,55-62,64,66-72H,3-22,24,26,29-42,44,46-54H2,1-2H3,(H,65,73)/b25-23-,28-27-,45-43+. The van der Waals surface area contributed by atoms with E-state index in [1.807, 2.05) is 0 Å². The fourth-order valence-corrected chi connectivity index (χ4v) is 10.2. The van der Waals surface area contributed by atoms with Crippen molar-refractivity contribution in [1.29, 1.82) is 0 Å². The third-order valence-corrected chi connectivity index (χ3v) is 15.4. The minimum atomic E-state index is -1.67. The average molecular weight is 1060 g/mol. The summed E-state index contributed by atoms with van der Waals surface area (Å²) < 4.78 is 11.2. The zero-order valence-corrected chi connectivity index (χ0v) is 48.5. The van der Waals surface area contributed by atoms with Crippen LogP contribution in [0.2, 0.25) is 0 Å². The van der Waals surface area contributed by atoms with Gasteiger partial charge < -0.3 is 50.5 Å². The van der Waals surface area contributed by atoms with Crippen LogP contribution in [0, 0.1) is 0 Å². The maximum atomic E-state index is 13.2. The van der Waals surface area contributed by atoms with Crippen LogP contribution in [0.1, 0.15) is 296 Å². The second-order valence-corrected chi connectivity index (χ2v) is 22.5. The SMILES string of the molecule is CCCCCCCCCCC/C=C\C/C=C\CCCCCCCCCCCCCCC(O)C(=O)NC(COC1OC(CO)C(O)C(O)C1O)C(O)C(O)CCC/C=C/CCCCCCCCCCCCCCCCC. The molecule has 442 valence electrons. The van der Waals surface area contributed by atoms with Gasteiger partial charge in [-0.3, -0.25) is 4.79 Å². The Balaban J connectivity index is 2.27. The summed E-state index contributed by atoms with van der Waals surface area (Å²) in [6, 6.07) is -1.19. The first kappa shape index (κ1) is 71.3. The van der Waals surface area contributed by atoms with Crippen molar-refractivity contribution in [2.24, 2.45) is 0 Å². The van der Waals surface area contributed by atoms with E-state index < -0.39 is 74.2 Å². The fraction of sp³-hybridized carbons (Fsp3) is 0.891. The molecule has 11 heteroatoms. The Morgan fingerprint density at radius 2 is 0.827 bits per heavy atom. The number of allylic oxidation sites excluding steroid dienone is 6. The molecule has 0 saturated carbocycles. The highest BCUT2D eigenvalue weighted by Crippen LogP contribution is 2.23. The van der Waals surface area contributed by atoms with E-state index in [0.29, 0.717) is 12.8 Å². The van der Waals surface area contributed by atoms with Gasteiger partial charge in [0.1, 0.15) is 36.6 Å². The van der Waals surface area contributed by atoms with Crippen LogP contribution in [0.3, 0.4) is 0 Å². The molecule has 0 bridgehead atoms. The number of amides is 1. The minimum absolute atomic E-state index is 0.253. The molecule has 1 amide bonds. The van der Waals surface area contributed by atoms with E-state index in [1.165, 1.54) is 212 Å². The van der Waals surface area contributed by atoms with Crippen LogP contribution in [0.25, 0.3) is 0 Å². The van der Waals surface area contributed by atoms with Crippen molar-refractivity contribution in [3.8, 4) is 0 Å². The van der Waals surface area contributed by atoms with Crippen LogP contribution in [0.5, 0.6) is 0 Å². The van der Waals surface area contributed by atoms with Crippen LogP contribution in [-0.4, -0.2) is 110 Å². The number of carbonyl (C=O) groups excluding carboxylic acids is 1. The third kappa shape index (κ3) is 41.1. The van der Waals surface area contributed by atoms with Gasteiger partial charge in [-0.15, -0.1) is 0 Å². The number of rotatable bonds is 55. The van der Waals surface area contributed by atoms with E-state index in [2.05, 4.69) is 55.6 Å². The van der Waals surface area contributed by atoms with Crippen LogP contribution >= 0.6 is 0 Å². The Morgan fingerprint density at radius 3 is 1.23 bits per heavy atom. The second-order valence-electron chi connectivity index (χ2n) is 22.5. The summed E-state index contributed by atoms with van der Waals surface area (Å²) in [5.41, 5.74) is 0. The Kier molecular flexibility index (Phi) is 50.4. The van der Waals surface area contributed by atoms with Gasteiger partial charge in [-0.25, -0.2) is 0 Å². The van der Waals surface area contributed by atoms with E-state index in [0.717, 1.165) is 44.9 Å². The highest BCUT2D eigenvalue weighted by atomic mass is 16.7. The summed E-state index contributed by atoms with van der Waals surface area (Å²) in [4.78, 5) is 13.2. The Bertz CT molecular complexity index is 1310. The lowest BCUT2D eigenvalue weighted by Crippen LogP contribution is -2.60. The maximum Gasteiger partial charge on any atom is 0.249 e. The molecule has 0 aromatic rings. The smallest absolute Gasteiger partial charge is 0.249 e. The summed E-state index contributed by atoms with van der Waals surface area (Å²) >= 11 is 0. The molecule has 1 heterocycles. The van der Waals surface area contributed by atoms with E-state index in [4.69, 9.17) is 9.47 Å². The third-order valence-electron chi connectivity index (χ3n) is 15.4. The molecule has 1 fully saturated rings. The van der Waals surface area contributed by atoms with Gasteiger partial charge in [-0.05, 0) is 70.6 Å². The highest BCUT2D eigenvalue weighted by molar-refractivity contribution is 5.80. The lowest BCUT2D eigenvalue weighted by molar-refractivity contribution is -0.303. The molecule has 1 aliphatic heterocycles. The molecule has 11 nitrogen and oxygen atoms in total. The van der Waals surface area contributed by atoms with E-state index in [9.17, 15) is 40.5 Å². The Hall–Kier alpha value is -1.67. The van der Waals surface area contributed by atoms with Gasteiger partial charge in [-0.1, -0.05) is 262 Å². The maximum absolute atomic E-state index is 13.2. The molecule has 8 N–H and O–H groups in total. The number of carbonyl (C=O) groups is 1. The molecule has 1 aliphatic rings. The molecule has 0 spiro atoms. The van der Waals surface area contributed by atoms with Gasteiger partial charge in [0.15, 0.2) is 6.29 Å². The summed E-state index contributed by atoms with van der Waals surface area (Å²) in [5, 5.41) is 76.3. The number of aliphatic hydroxyl groups excluding tert-OH is 7. The van der Waals surface area contributed by atoms with Crippen molar-refractivity contribution in [3.05, 3.63) is 36.5 Å². The number of unbranched alkanes of at least 4 members (excludes halogenated alkanes) is 37. The van der Waals surface area contributed by atoms with Crippen molar-refractivity contribution >= 4 is 5.91 Å². The molecule has 1 saturated heterocycles. The largest absolute Gasteiger partial charge is 0.394 e. The first-order chi connectivity index (χ1) is 36.7. The lowest BCUT2D eigenvalue weighted by Gasteiger charge is -2.40. The van der Waals surface area contributed by atoms with Gasteiger partial charge in [-0.2, -0.15) is 0 Å². The molecule has 0 aliphatic carbocycles. The molecule has 1 rings (SSSR count). The van der Waals surface area contributed by atoms with Gasteiger partial charge >= 0.3 is 0 Å². The summed E-state index contributed by atoms with van der Waals surface area (Å²) in [5.74, 6) is -0.704. The quantitative estimate of drug-likeness (QED) is 0.0215. The summed E-state index contributed by atoms with van der Waals surface area (Å²) in [6.45, 7) is 3.48. The number of nitrogens with one attached hydrogen (secondary N) is 1. The van der Waals surface area contributed by atoms with Gasteiger partial charge in [0.2, 0.25) is 5.91 Å². The lowest BCUT2D eigenvalue weighted by atomic mass is 9.98. The van der Waals surface area contributed by atoms with Gasteiger partial charge in [0.25, 0.3) is 0 Å². The molecule has 0 aromatic carbocycles. The zero-order valence-electron chi connectivity index (χ0n) is 48.5. The molecule has 9 unspecified atom stereocenters. The topological polar surface area (TPSA) is 189 Å². The predicted molar refractivity (Wildman–Crippen MR) is 312 cm³/mol. The minimum Gasteiger partial charge on any atom is -0.394 e. The predicted octanol–water partition coefficient (Wildman–Crippen LogP) is 14.2. The number of aliphatic hydroxyl groups is 7. The molecule has 0 aromatic heterocycles. The van der Waals surface area contributed by atoms with E-state index >= 15 is 0 Å². The fourth-order valence-electron chi connectivity index (χ4n) is 10.2. The van der Waals surface area contributed by atoms with Gasteiger partial charge in [0.05, 0.1) is 25.4 Å². The first-order valence-electron chi connectivity index (χ1n) is 31.9. The zero-order chi connectivity index (χ0) is 54.7. The van der Waals surface area contributed by atoms with Crippen LogP contribution in [-0.2, 0) is 14.3 Å². The van der Waals surface area contributed by atoms with Crippen molar-refractivity contribution in [1.82, 2.24) is 5.32 Å². The molecular formula is C64H121NO10. The van der Waals surface area contributed by atoms with Crippen molar-refractivity contribution in [2.75, 3.05) is 13.2 Å². The van der Waals surface area contributed by atoms with Crippen LogP contribution in [0.15, 0.2) is 36.5 Å². The average Bonchev–Trinajstić information content (AvgIpc) is 3.41. The molecule has 0 radical (unpaired) electrons. The number of hydrogen-bond donors (Lipinski definition) is 8. The van der Waals surface area contributed by atoms with Crippen molar-refractivity contribution in [2.45, 2.75) is 351 Å². The molecule has 9 atom stereocenters. The van der Waals surface area contributed by atoms with Crippen LogP contribution < -0.4 is 5.32 Å². The van der Waals surface area contributed by atoms with Gasteiger partial charge in [0, 0.05) is 0 Å².